The van der Waals surface area contributed by atoms with Gasteiger partial charge >= 0.3 is 5.97 Å². The van der Waals surface area contributed by atoms with E-state index in [-0.39, 0.29) is 5.91 Å². The lowest BCUT2D eigenvalue weighted by Crippen LogP contribution is -2.31. The van der Waals surface area contributed by atoms with Crippen LogP contribution in [0.1, 0.15) is 22.0 Å². The molecule has 1 heterocycles. The summed E-state index contributed by atoms with van der Waals surface area (Å²) in [5.41, 5.74) is 2.42. The van der Waals surface area contributed by atoms with Gasteiger partial charge in [0.2, 0.25) is 6.10 Å². The summed E-state index contributed by atoms with van der Waals surface area (Å²) in [6.45, 7) is 0. The van der Waals surface area contributed by atoms with E-state index in [1.807, 2.05) is 36.4 Å². The van der Waals surface area contributed by atoms with Crippen LogP contribution >= 0.6 is 0 Å². The van der Waals surface area contributed by atoms with Crippen LogP contribution < -0.4 is 0 Å². The van der Waals surface area contributed by atoms with E-state index in [9.17, 15) is 9.59 Å². The summed E-state index contributed by atoms with van der Waals surface area (Å²) in [5.74, 6) is -0.337. The largest absolute Gasteiger partial charge is 0.444 e. The van der Waals surface area contributed by atoms with Gasteiger partial charge in [0.15, 0.2) is 5.76 Å². The maximum Gasteiger partial charge on any atom is 0.339 e. The monoisotopic (exact) mass is 400 g/mol. The van der Waals surface area contributed by atoms with E-state index in [1.165, 1.54) is 4.90 Å². The molecule has 0 spiro atoms. The predicted octanol–water partition coefficient (Wildman–Crippen LogP) is 4.48. The average Bonchev–Trinajstić information content (AvgIpc) is 3.21. The van der Waals surface area contributed by atoms with Gasteiger partial charge in [0.25, 0.3) is 5.91 Å². The standard InChI is InChI=1S/C24H20N2O4/c1-26(2)23(27)22(17-11-7-4-8-12-17)29-24(28)18-13-14-20-19(15-18)21(30-25-20)16-9-5-3-6-10-16/h3-15,22H,1-2H3. The second kappa shape index (κ2) is 8.21. The third-order valence-corrected chi connectivity index (χ3v) is 4.74. The number of carbonyl (C=O) groups excluding carboxylic acids is 2. The van der Waals surface area contributed by atoms with E-state index in [1.54, 1.807) is 56.6 Å². The molecule has 6 heteroatoms. The molecule has 0 aliphatic heterocycles. The van der Waals surface area contributed by atoms with Crippen LogP contribution in [0.3, 0.4) is 0 Å². The molecule has 1 amide bonds. The van der Waals surface area contributed by atoms with Gasteiger partial charge in [-0.3, -0.25) is 4.79 Å². The van der Waals surface area contributed by atoms with Gasteiger partial charge in [-0.2, -0.15) is 0 Å². The SMILES string of the molecule is CN(C)C(=O)C(OC(=O)c1ccc2noc(-c3ccccc3)c2c1)c1ccccc1. The van der Waals surface area contributed by atoms with E-state index in [4.69, 9.17) is 9.26 Å². The Morgan fingerprint density at radius 2 is 1.60 bits per heavy atom. The molecule has 4 rings (SSSR count). The van der Waals surface area contributed by atoms with Crippen molar-refractivity contribution in [2.24, 2.45) is 0 Å². The van der Waals surface area contributed by atoms with Gasteiger partial charge in [-0.05, 0) is 18.2 Å². The molecule has 1 atom stereocenters. The van der Waals surface area contributed by atoms with Gasteiger partial charge in [-0.25, -0.2) is 4.79 Å². The van der Waals surface area contributed by atoms with Crippen LogP contribution in [-0.4, -0.2) is 36.0 Å². The second-order valence-corrected chi connectivity index (χ2v) is 7.04. The number of hydrogen-bond donors (Lipinski definition) is 0. The van der Waals surface area contributed by atoms with Crippen molar-refractivity contribution in [3.8, 4) is 11.3 Å². The molecule has 150 valence electrons. The lowest BCUT2D eigenvalue weighted by Gasteiger charge is -2.21. The fourth-order valence-corrected chi connectivity index (χ4v) is 3.16. The Kier molecular flexibility index (Phi) is 5.30. The minimum absolute atomic E-state index is 0.314. The molecule has 6 nitrogen and oxygen atoms in total. The fraction of sp³-hybridized carbons (Fsp3) is 0.125. The van der Waals surface area contributed by atoms with Crippen molar-refractivity contribution in [2.45, 2.75) is 6.10 Å². The van der Waals surface area contributed by atoms with Crippen molar-refractivity contribution in [2.75, 3.05) is 14.1 Å². The summed E-state index contributed by atoms with van der Waals surface area (Å²) in [6, 6.07) is 23.5. The zero-order chi connectivity index (χ0) is 21.1. The third kappa shape index (κ3) is 3.80. The van der Waals surface area contributed by atoms with Crippen molar-refractivity contribution < 1.29 is 18.8 Å². The molecule has 1 unspecified atom stereocenters. The molecule has 0 saturated carbocycles. The van der Waals surface area contributed by atoms with Crippen LogP contribution in [0.25, 0.3) is 22.2 Å². The van der Waals surface area contributed by atoms with Crippen molar-refractivity contribution in [1.29, 1.82) is 0 Å². The Morgan fingerprint density at radius 1 is 0.933 bits per heavy atom. The number of nitrogens with zero attached hydrogens (tertiary/aromatic N) is 2. The summed E-state index contributed by atoms with van der Waals surface area (Å²) in [5, 5.41) is 4.77. The van der Waals surface area contributed by atoms with Crippen LogP contribution in [0, 0.1) is 0 Å². The Balaban J connectivity index is 1.67. The number of fused-ring (bicyclic) bond motifs is 1. The number of aromatic nitrogens is 1. The van der Waals surface area contributed by atoms with E-state index in [0.717, 1.165) is 5.56 Å². The molecule has 0 aliphatic rings. The molecular weight excluding hydrogens is 380 g/mol. The lowest BCUT2D eigenvalue weighted by molar-refractivity contribution is -0.138. The van der Waals surface area contributed by atoms with Gasteiger partial charge < -0.3 is 14.2 Å². The minimum atomic E-state index is -1.03. The molecule has 4 aromatic rings. The first kappa shape index (κ1) is 19.4. The van der Waals surface area contributed by atoms with Gasteiger partial charge in [0.1, 0.15) is 5.52 Å². The van der Waals surface area contributed by atoms with Gasteiger partial charge in [-0.15, -0.1) is 0 Å². The van der Waals surface area contributed by atoms with E-state index in [0.29, 0.717) is 27.8 Å². The molecule has 0 aliphatic carbocycles. The molecule has 30 heavy (non-hydrogen) atoms. The maximum absolute atomic E-state index is 12.9. The quantitative estimate of drug-likeness (QED) is 0.462. The third-order valence-electron chi connectivity index (χ3n) is 4.74. The highest BCUT2D eigenvalue weighted by Crippen LogP contribution is 2.30. The molecule has 0 bridgehead atoms. The second-order valence-electron chi connectivity index (χ2n) is 7.04. The van der Waals surface area contributed by atoms with E-state index >= 15 is 0 Å². The van der Waals surface area contributed by atoms with Crippen molar-refractivity contribution in [3.63, 3.8) is 0 Å². The zero-order valence-corrected chi connectivity index (χ0v) is 16.6. The molecule has 0 N–H and O–H groups in total. The first-order valence-corrected chi connectivity index (χ1v) is 9.46. The van der Waals surface area contributed by atoms with Gasteiger partial charge in [0, 0.05) is 25.2 Å². The maximum atomic E-state index is 12.9. The summed E-state index contributed by atoms with van der Waals surface area (Å²) in [7, 11) is 3.25. The first-order valence-electron chi connectivity index (χ1n) is 9.46. The van der Waals surface area contributed by atoms with Crippen molar-refractivity contribution in [1.82, 2.24) is 10.1 Å². The Morgan fingerprint density at radius 3 is 2.27 bits per heavy atom. The zero-order valence-electron chi connectivity index (χ0n) is 16.6. The van der Waals surface area contributed by atoms with Crippen LogP contribution in [0.4, 0.5) is 0 Å². The topological polar surface area (TPSA) is 72.6 Å². The summed E-state index contributed by atoms with van der Waals surface area (Å²) < 4.78 is 11.1. The number of benzene rings is 3. The molecule has 0 fully saturated rings. The highest BCUT2D eigenvalue weighted by molar-refractivity contribution is 5.99. The van der Waals surface area contributed by atoms with Crippen LogP contribution in [0.15, 0.2) is 83.4 Å². The average molecular weight is 400 g/mol. The van der Waals surface area contributed by atoms with Crippen molar-refractivity contribution >= 4 is 22.8 Å². The molecular formula is C24H20N2O4. The lowest BCUT2D eigenvalue weighted by atomic mass is 10.1. The Labute approximate surface area is 173 Å². The van der Waals surface area contributed by atoms with Crippen LogP contribution in [0.5, 0.6) is 0 Å². The summed E-state index contributed by atoms with van der Waals surface area (Å²) in [6.07, 6.45) is -1.03. The molecule has 0 saturated heterocycles. The number of ether oxygens (including phenoxy) is 1. The minimum Gasteiger partial charge on any atom is -0.444 e. The number of hydrogen-bond acceptors (Lipinski definition) is 5. The highest BCUT2D eigenvalue weighted by atomic mass is 16.5. The summed E-state index contributed by atoms with van der Waals surface area (Å²) >= 11 is 0. The van der Waals surface area contributed by atoms with Crippen LogP contribution in [-0.2, 0) is 9.53 Å². The first-order chi connectivity index (χ1) is 14.5. The van der Waals surface area contributed by atoms with Gasteiger partial charge in [0.05, 0.1) is 10.9 Å². The normalized spacial score (nSPS) is 11.8. The summed E-state index contributed by atoms with van der Waals surface area (Å²) in [4.78, 5) is 27.0. The van der Waals surface area contributed by atoms with Gasteiger partial charge in [-0.1, -0.05) is 65.8 Å². The van der Waals surface area contributed by atoms with Crippen molar-refractivity contribution in [3.05, 3.63) is 90.0 Å². The number of rotatable bonds is 5. The Bertz CT molecular complexity index is 1180. The number of amides is 1. The molecule has 1 aromatic heterocycles. The fourth-order valence-electron chi connectivity index (χ4n) is 3.16. The smallest absolute Gasteiger partial charge is 0.339 e. The number of esters is 1. The van der Waals surface area contributed by atoms with E-state index in [2.05, 4.69) is 5.16 Å². The Hall–Kier alpha value is -3.93. The highest BCUT2D eigenvalue weighted by Gasteiger charge is 2.27. The van der Waals surface area contributed by atoms with E-state index < -0.39 is 12.1 Å². The number of carbonyl (C=O) groups is 2. The molecule has 0 radical (unpaired) electrons. The number of likely N-dealkylation sites (N-methyl/N-ethyl adjacent to an activating group) is 1. The predicted molar refractivity (Wildman–Crippen MR) is 113 cm³/mol. The molecule has 3 aromatic carbocycles. The van der Waals surface area contributed by atoms with Crippen LogP contribution in [0.2, 0.25) is 0 Å².